The van der Waals surface area contributed by atoms with Gasteiger partial charge in [0.2, 0.25) is 0 Å². The van der Waals surface area contributed by atoms with Crippen LogP contribution in [0, 0.1) is 5.41 Å². The van der Waals surface area contributed by atoms with Gasteiger partial charge in [-0.15, -0.1) is 0 Å². The Morgan fingerprint density at radius 3 is 2.85 bits per heavy atom. The van der Waals surface area contributed by atoms with Gasteiger partial charge in [-0.05, 0) is 50.4 Å². The molecule has 1 aromatic rings. The number of carbonyl (C=O) groups excluding carboxylic acids is 1. The largest absolute Gasteiger partial charge is 0.481 e. The predicted octanol–water partition coefficient (Wildman–Crippen LogP) is 3.20. The lowest BCUT2D eigenvalue weighted by Crippen LogP contribution is -2.49. The highest BCUT2D eigenvalue weighted by molar-refractivity contribution is 6.30. The number of rotatable bonds is 5. The van der Waals surface area contributed by atoms with Crippen molar-refractivity contribution in [2.45, 2.75) is 45.2 Å². The normalized spacial score (nSPS) is 26.1. The summed E-state index contributed by atoms with van der Waals surface area (Å²) in [7, 11) is 0. The number of piperidine rings is 1. The van der Waals surface area contributed by atoms with Gasteiger partial charge in [0.05, 0.1) is 5.41 Å². The second kappa shape index (κ2) is 8.48. The van der Waals surface area contributed by atoms with Gasteiger partial charge in [-0.1, -0.05) is 30.2 Å². The summed E-state index contributed by atoms with van der Waals surface area (Å²) in [5.41, 5.74) is 0.346. The van der Waals surface area contributed by atoms with Gasteiger partial charge in [0.25, 0.3) is 0 Å². The molecule has 148 valence electrons. The Hall–Kier alpha value is -1.79. The van der Waals surface area contributed by atoms with Gasteiger partial charge < -0.3 is 15.3 Å². The van der Waals surface area contributed by atoms with Crippen molar-refractivity contribution in [2.24, 2.45) is 5.41 Å². The van der Waals surface area contributed by atoms with Crippen LogP contribution in [0.4, 0.5) is 4.79 Å². The number of hydrogen-bond acceptors (Lipinski definition) is 3. The summed E-state index contributed by atoms with van der Waals surface area (Å²) in [5.74, 6) is -0.835. The topological polar surface area (TPSA) is 72.9 Å². The van der Waals surface area contributed by atoms with Crippen LogP contribution in [-0.2, 0) is 11.3 Å². The highest BCUT2D eigenvalue weighted by Gasteiger charge is 2.42. The van der Waals surface area contributed by atoms with Crippen LogP contribution in [0.15, 0.2) is 24.3 Å². The first-order valence-corrected chi connectivity index (χ1v) is 10.00. The van der Waals surface area contributed by atoms with Crippen molar-refractivity contribution < 1.29 is 14.7 Å². The fourth-order valence-corrected chi connectivity index (χ4v) is 4.21. The molecule has 0 radical (unpaired) electrons. The molecule has 2 saturated heterocycles. The van der Waals surface area contributed by atoms with Gasteiger partial charge in [0.1, 0.15) is 0 Å². The van der Waals surface area contributed by atoms with Gasteiger partial charge in [-0.2, -0.15) is 0 Å². The van der Waals surface area contributed by atoms with Gasteiger partial charge in [0.15, 0.2) is 0 Å². The Bertz CT molecular complexity index is 699. The van der Waals surface area contributed by atoms with Crippen molar-refractivity contribution in [2.75, 3.05) is 26.2 Å². The lowest BCUT2D eigenvalue weighted by Gasteiger charge is -2.36. The van der Waals surface area contributed by atoms with E-state index in [2.05, 4.69) is 16.3 Å². The smallest absolute Gasteiger partial charge is 0.317 e. The van der Waals surface area contributed by atoms with Gasteiger partial charge in [-0.3, -0.25) is 9.69 Å². The van der Waals surface area contributed by atoms with E-state index in [0.29, 0.717) is 19.5 Å². The van der Waals surface area contributed by atoms with Crippen molar-refractivity contribution >= 4 is 23.6 Å². The Morgan fingerprint density at radius 1 is 1.33 bits per heavy atom. The molecule has 2 unspecified atom stereocenters. The highest BCUT2D eigenvalue weighted by Crippen LogP contribution is 2.30. The summed E-state index contributed by atoms with van der Waals surface area (Å²) in [6.45, 7) is 4.88. The van der Waals surface area contributed by atoms with E-state index in [-0.39, 0.29) is 18.6 Å². The molecule has 7 heteroatoms. The number of carbonyl (C=O) groups is 2. The first kappa shape index (κ1) is 20.0. The van der Waals surface area contributed by atoms with Crippen LogP contribution >= 0.6 is 11.6 Å². The molecular weight excluding hydrogens is 366 g/mol. The average molecular weight is 394 g/mol. The van der Waals surface area contributed by atoms with E-state index in [4.69, 9.17) is 11.6 Å². The molecule has 3 rings (SSSR count). The molecule has 2 aliphatic rings. The molecule has 0 spiro atoms. The van der Waals surface area contributed by atoms with Crippen LogP contribution in [-0.4, -0.2) is 59.1 Å². The minimum absolute atomic E-state index is 0.159. The first-order chi connectivity index (χ1) is 12.9. The van der Waals surface area contributed by atoms with Crippen LogP contribution in [0.2, 0.25) is 5.02 Å². The maximum atomic E-state index is 12.5. The number of benzene rings is 1. The Labute approximate surface area is 165 Å². The van der Waals surface area contributed by atoms with Crippen LogP contribution in [0.25, 0.3) is 0 Å². The van der Waals surface area contributed by atoms with E-state index in [1.807, 2.05) is 18.2 Å². The van der Waals surface area contributed by atoms with E-state index < -0.39 is 11.4 Å². The monoisotopic (exact) mass is 393 g/mol. The van der Waals surface area contributed by atoms with E-state index in [0.717, 1.165) is 37.4 Å². The van der Waals surface area contributed by atoms with E-state index in [9.17, 15) is 14.7 Å². The molecule has 0 aliphatic carbocycles. The van der Waals surface area contributed by atoms with Crippen LogP contribution in [0.3, 0.4) is 0 Å². The fourth-order valence-electron chi connectivity index (χ4n) is 4.00. The second-order valence-electron chi connectivity index (χ2n) is 7.97. The summed E-state index contributed by atoms with van der Waals surface area (Å²) in [6.07, 6.45) is 3.87. The van der Waals surface area contributed by atoms with Gasteiger partial charge >= 0.3 is 12.0 Å². The van der Waals surface area contributed by atoms with E-state index in [1.165, 1.54) is 5.56 Å². The van der Waals surface area contributed by atoms with Crippen molar-refractivity contribution in [3.63, 3.8) is 0 Å². The van der Waals surface area contributed by atoms with Crippen LogP contribution in [0.5, 0.6) is 0 Å². The number of likely N-dealkylation sites (tertiary alicyclic amines) is 2. The minimum atomic E-state index is -0.835. The first-order valence-electron chi connectivity index (χ1n) is 9.62. The third kappa shape index (κ3) is 4.93. The maximum absolute atomic E-state index is 12.5. The predicted molar refractivity (Wildman–Crippen MR) is 105 cm³/mol. The third-order valence-corrected chi connectivity index (χ3v) is 6.02. The Kier molecular flexibility index (Phi) is 6.27. The molecule has 0 aromatic heterocycles. The van der Waals surface area contributed by atoms with Crippen molar-refractivity contribution in [3.8, 4) is 0 Å². The molecular formula is C20H28ClN3O3. The number of carboxylic acids is 1. The van der Waals surface area contributed by atoms with Crippen molar-refractivity contribution in [1.82, 2.24) is 15.1 Å². The molecule has 27 heavy (non-hydrogen) atoms. The number of hydrogen-bond donors (Lipinski definition) is 2. The number of nitrogens with one attached hydrogen (secondary N) is 1. The summed E-state index contributed by atoms with van der Waals surface area (Å²) >= 11 is 6.10. The SMILES string of the molecule is CC1(C(=O)O)CCN(C(=O)NCC2CCCCN2Cc2cccc(Cl)c2)C1. The van der Waals surface area contributed by atoms with E-state index >= 15 is 0 Å². The number of halogens is 1. The molecule has 2 atom stereocenters. The molecule has 2 amide bonds. The molecule has 2 heterocycles. The maximum Gasteiger partial charge on any atom is 0.317 e. The number of amides is 2. The molecule has 6 nitrogen and oxygen atoms in total. The number of aliphatic carboxylic acids is 1. The molecule has 0 bridgehead atoms. The summed E-state index contributed by atoms with van der Waals surface area (Å²) in [5, 5.41) is 13.1. The number of nitrogens with zero attached hydrogens (tertiary/aromatic N) is 2. The van der Waals surface area contributed by atoms with Crippen molar-refractivity contribution in [3.05, 3.63) is 34.9 Å². The molecule has 2 aliphatic heterocycles. The van der Waals surface area contributed by atoms with Gasteiger partial charge in [0, 0.05) is 37.2 Å². The van der Waals surface area contributed by atoms with Crippen LogP contribution < -0.4 is 5.32 Å². The standard InChI is InChI=1S/C20H28ClN3O3/c1-20(18(25)26)8-10-24(14-20)19(27)22-12-17-7-2-3-9-23(17)13-15-5-4-6-16(21)11-15/h4-6,11,17H,2-3,7-10,12-14H2,1H3,(H,22,27)(H,25,26). The Balaban J connectivity index is 1.54. The quantitative estimate of drug-likeness (QED) is 0.805. The van der Waals surface area contributed by atoms with Crippen molar-refractivity contribution in [1.29, 1.82) is 0 Å². The second-order valence-corrected chi connectivity index (χ2v) is 8.41. The zero-order chi connectivity index (χ0) is 19.4. The molecule has 0 saturated carbocycles. The minimum Gasteiger partial charge on any atom is -0.481 e. The Morgan fingerprint density at radius 2 is 2.15 bits per heavy atom. The van der Waals surface area contributed by atoms with E-state index in [1.54, 1.807) is 11.8 Å². The lowest BCUT2D eigenvalue weighted by atomic mass is 9.90. The zero-order valence-electron chi connectivity index (χ0n) is 15.8. The van der Waals surface area contributed by atoms with Crippen LogP contribution in [0.1, 0.15) is 38.2 Å². The summed E-state index contributed by atoms with van der Waals surface area (Å²) < 4.78 is 0. The third-order valence-electron chi connectivity index (χ3n) is 5.79. The molecule has 2 fully saturated rings. The molecule has 1 aromatic carbocycles. The number of urea groups is 1. The fraction of sp³-hybridized carbons (Fsp3) is 0.600. The summed E-state index contributed by atoms with van der Waals surface area (Å²) in [4.78, 5) is 27.9. The lowest BCUT2D eigenvalue weighted by molar-refractivity contribution is -0.147. The highest BCUT2D eigenvalue weighted by atomic mass is 35.5. The average Bonchev–Trinajstić information content (AvgIpc) is 3.05. The van der Waals surface area contributed by atoms with Gasteiger partial charge in [-0.25, -0.2) is 4.79 Å². The number of carboxylic acid groups (broad SMARTS) is 1. The zero-order valence-corrected chi connectivity index (χ0v) is 16.5. The molecule has 2 N–H and O–H groups in total. The summed E-state index contributed by atoms with van der Waals surface area (Å²) in [6, 6.07) is 8.03.